The number of hydrogen-bond donors (Lipinski definition) is 1. The number of nitrogens with zero attached hydrogens (tertiary/aromatic N) is 4. The number of amides is 1. The van der Waals surface area contributed by atoms with E-state index in [0.29, 0.717) is 25.3 Å². The van der Waals surface area contributed by atoms with E-state index in [-0.39, 0.29) is 11.8 Å². The molecule has 5 aliphatic rings. The van der Waals surface area contributed by atoms with Crippen LogP contribution in [0.25, 0.3) is 11.0 Å². The molecule has 0 aliphatic carbocycles. The van der Waals surface area contributed by atoms with E-state index in [1.165, 1.54) is 5.56 Å². The van der Waals surface area contributed by atoms with Gasteiger partial charge in [0.2, 0.25) is 0 Å². The molecule has 9 rings (SSSR count). The topological polar surface area (TPSA) is 97.6 Å². The first-order chi connectivity index (χ1) is 19.0. The Kier molecular flexibility index (Phi) is 6.77. The zero-order valence-corrected chi connectivity index (χ0v) is 22.0. The van der Waals surface area contributed by atoms with Crippen LogP contribution in [0.1, 0.15) is 64.7 Å². The molecule has 1 N–H and O–H groups in total. The van der Waals surface area contributed by atoms with E-state index >= 15 is 0 Å². The first-order valence-corrected chi connectivity index (χ1v) is 13.7. The summed E-state index contributed by atoms with van der Waals surface area (Å²) in [5.41, 5.74) is 6.42. The average molecular weight is 525 g/mol. The number of benzene rings is 3. The highest BCUT2D eigenvalue weighted by atomic mass is 16.5. The SMILES string of the molecule is C[C@H](C(=O)O)[C@@H]1c2ccc3c(c2)CN(CC3)C(=O)c2ccc(cc2)OCCCCCn2nnc3cc1ccc32. The van der Waals surface area contributed by atoms with Crippen LogP contribution < -0.4 is 4.74 Å². The van der Waals surface area contributed by atoms with Gasteiger partial charge in [-0.1, -0.05) is 36.4 Å². The fourth-order valence-corrected chi connectivity index (χ4v) is 5.81. The average Bonchev–Trinajstić information content (AvgIpc) is 3.36. The maximum Gasteiger partial charge on any atom is 0.307 e. The van der Waals surface area contributed by atoms with Gasteiger partial charge in [-0.05, 0) is 84.3 Å². The van der Waals surface area contributed by atoms with Crippen LogP contribution in [-0.4, -0.2) is 50.0 Å². The minimum Gasteiger partial charge on any atom is -0.494 e. The van der Waals surface area contributed by atoms with Crippen molar-refractivity contribution in [3.8, 4) is 5.75 Å². The van der Waals surface area contributed by atoms with Crippen molar-refractivity contribution in [2.75, 3.05) is 13.2 Å². The molecule has 0 fully saturated rings. The minimum atomic E-state index is -0.854. The molecule has 0 spiro atoms. The van der Waals surface area contributed by atoms with Gasteiger partial charge in [0, 0.05) is 31.1 Å². The van der Waals surface area contributed by atoms with E-state index in [1.807, 2.05) is 58.1 Å². The van der Waals surface area contributed by atoms with Crippen molar-refractivity contribution in [3.63, 3.8) is 0 Å². The Hall–Kier alpha value is -4.20. The quantitative estimate of drug-likeness (QED) is 0.394. The molecule has 0 unspecified atom stereocenters. The molecule has 1 amide bonds. The van der Waals surface area contributed by atoms with Crippen molar-refractivity contribution < 1.29 is 19.4 Å². The Morgan fingerprint density at radius 2 is 1.77 bits per heavy atom. The van der Waals surface area contributed by atoms with Crippen LogP contribution in [0.15, 0.2) is 60.7 Å². The van der Waals surface area contributed by atoms with E-state index in [1.54, 1.807) is 6.92 Å². The standard InChI is InChI=1S/C31H32N4O4/c1-20(31(37)38)29-23-6-5-21-13-15-34(19-25(21)17-23)30(36)22-7-10-26(11-8-22)39-16-4-2-3-14-35-28-12-9-24(29)18-27(28)32-33-35/h5-12,17-18,20,29H,2-4,13-16,19H2,1H3,(H,37,38)/t20-,29+/m0/s1. The lowest BCUT2D eigenvalue weighted by Gasteiger charge is -2.31. The highest BCUT2D eigenvalue weighted by molar-refractivity contribution is 5.94. The van der Waals surface area contributed by atoms with Gasteiger partial charge in [0.1, 0.15) is 11.3 Å². The molecule has 9 bridgehead atoms. The van der Waals surface area contributed by atoms with Crippen LogP contribution in [0.2, 0.25) is 0 Å². The van der Waals surface area contributed by atoms with Crippen LogP contribution in [0.3, 0.4) is 0 Å². The Morgan fingerprint density at radius 3 is 2.59 bits per heavy atom. The zero-order valence-electron chi connectivity index (χ0n) is 22.0. The number of carboxylic acids is 1. The number of rotatable bonds is 2. The van der Waals surface area contributed by atoms with Gasteiger partial charge >= 0.3 is 5.97 Å². The van der Waals surface area contributed by atoms with Crippen molar-refractivity contribution in [2.45, 2.75) is 51.6 Å². The minimum absolute atomic E-state index is 0.0104. The number of aryl methyl sites for hydroxylation is 1. The van der Waals surface area contributed by atoms with Crippen LogP contribution in [0.5, 0.6) is 5.75 Å². The number of carbonyl (C=O) groups is 2. The first-order valence-electron chi connectivity index (χ1n) is 13.7. The number of hydrogen-bond acceptors (Lipinski definition) is 5. The lowest BCUT2D eigenvalue weighted by Crippen LogP contribution is -2.36. The fraction of sp³-hybridized carbons (Fsp3) is 0.355. The monoisotopic (exact) mass is 524 g/mol. The summed E-state index contributed by atoms with van der Waals surface area (Å²) in [6.07, 6.45) is 3.61. The van der Waals surface area contributed by atoms with E-state index in [9.17, 15) is 14.7 Å². The van der Waals surface area contributed by atoms with Crippen LogP contribution in [0, 0.1) is 5.92 Å². The van der Waals surface area contributed by atoms with E-state index in [4.69, 9.17) is 4.74 Å². The number of carbonyl (C=O) groups excluding carboxylic acids is 1. The first kappa shape index (κ1) is 25.1. The predicted molar refractivity (Wildman–Crippen MR) is 147 cm³/mol. The second-order valence-electron chi connectivity index (χ2n) is 10.6. The third-order valence-electron chi connectivity index (χ3n) is 8.06. The summed E-state index contributed by atoms with van der Waals surface area (Å²) in [4.78, 5) is 27.4. The van der Waals surface area contributed by atoms with Gasteiger partial charge < -0.3 is 14.7 Å². The van der Waals surface area contributed by atoms with Crippen molar-refractivity contribution in [1.29, 1.82) is 0 Å². The lowest BCUT2D eigenvalue weighted by atomic mass is 9.80. The van der Waals surface area contributed by atoms with E-state index in [2.05, 4.69) is 22.4 Å². The van der Waals surface area contributed by atoms with Gasteiger partial charge in [0.25, 0.3) is 5.91 Å². The summed E-state index contributed by atoms with van der Waals surface area (Å²) < 4.78 is 7.83. The van der Waals surface area contributed by atoms with E-state index in [0.717, 1.165) is 65.7 Å². The molecule has 39 heavy (non-hydrogen) atoms. The van der Waals surface area contributed by atoms with Crippen molar-refractivity contribution in [1.82, 2.24) is 19.9 Å². The lowest BCUT2D eigenvalue weighted by molar-refractivity contribution is -0.141. The third-order valence-corrected chi connectivity index (χ3v) is 8.06. The summed E-state index contributed by atoms with van der Waals surface area (Å²) in [7, 11) is 0. The van der Waals surface area contributed by atoms with E-state index < -0.39 is 11.9 Å². The van der Waals surface area contributed by atoms with Crippen molar-refractivity contribution in [2.24, 2.45) is 5.92 Å². The molecule has 200 valence electrons. The number of aromatic nitrogens is 3. The molecule has 3 aromatic carbocycles. The molecule has 2 atom stereocenters. The zero-order chi connectivity index (χ0) is 26.9. The van der Waals surface area contributed by atoms with Crippen molar-refractivity contribution in [3.05, 3.63) is 88.5 Å². The summed E-state index contributed by atoms with van der Waals surface area (Å²) in [6.45, 7) is 4.25. The predicted octanol–water partition coefficient (Wildman–Crippen LogP) is 5.05. The van der Waals surface area contributed by atoms with Crippen molar-refractivity contribution >= 4 is 22.9 Å². The second kappa shape index (κ2) is 10.5. The van der Waals surface area contributed by atoms with Crippen LogP contribution >= 0.6 is 0 Å². The molecule has 0 saturated heterocycles. The second-order valence-corrected chi connectivity index (χ2v) is 10.6. The Bertz CT molecular complexity index is 1530. The Labute approximate surface area is 227 Å². The number of ether oxygens (including phenoxy) is 1. The summed E-state index contributed by atoms with van der Waals surface area (Å²) in [6, 6.07) is 19.6. The molecule has 8 heteroatoms. The van der Waals surface area contributed by atoms with Gasteiger partial charge in [-0.15, -0.1) is 5.10 Å². The molecule has 8 nitrogen and oxygen atoms in total. The molecule has 0 saturated carbocycles. The molecule has 5 aliphatic heterocycles. The molecular weight excluding hydrogens is 492 g/mol. The molecule has 0 radical (unpaired) electrons. The third kappa shape index (κ3) is 4.99. The van der Waals surface area contributed by atoms with Gasteiger partial charge in [-0.3, -0.25) is 9.59 Å². The smallest absolute Gasteiger partial charge is 0.307 e. The molecular formula is C31H32N4O4. The number of carboxylic acid groups (broad SMARTS) is 1. The highest BCUT2D eigenvalue weighted by Gasteiger charge is 2.29. The maximum absolute atomic E-state index is 13.4. The highest BCUT2D eigenvalue weighted by Crippen LogP contribution is 2.36. The van der Waals surface area contributed by atoms with Gasteiger partial charge in [0.15, 0.2) is 0 Å². The summed E-state index contributed by atoms with van der Waals surface area (Å²) in [5.74, 6) is -1.11. The normalized spacial score (nSPS) is 18.6. The summed E-state index contributed by atoms with van der Waals surface area (Å²) >= 11 is 0. The van der Waals surface area contributed by atoms with Crippen LogP contribution in [-0.2, 0) is 24.3 Å². The van der Waals surface area contributed by atoms with Gasteiger partial charge in [0.05, 0.1) is 18.0 Å². The Balaban J connectivity index is 1.41. The summed E-state index contributed by atoms with van der Waals surface area (Å²) in [5, 5.41) is 18.8. The van der Waals surface area contributed by atoms with Crippen LogP contribution in [0.4, 0.5) is 0 Å². The molecule has 4 aromatic rings. The fourth-order valence-electron chi connectivity index (χ4n) is 5.81. The Morgan fingerprint density at radius 1 is 0.974 bits per heavy atom. The van der Waals surface area contributed by atoms with Gasteiger partial charge in [-0.25, -0.2) is 4.68 Å². The maximum atomic E-state index is 13.4. The number of aliphatic carboxylic acids is 1. The van der Waals surface area contributed by atoms with Gasteiger partial charge in [-0.2, -0.15) is 0 Å². The molecule has 6 heterocycles. The molecule has 1 aromatic heterocycles. The largest absolute Gasteiger partial charge is 0.494 e.